The second kappa shape index (κ2) is 17.7. The van der Waals surface area contributed by atoms with Gasteiger partial charge in [0.05, 0.1) is 27.8 Å². The van der Waals surface area contributed by atoms with Crippen molar-refractivity contribution >= 4 is 55.3 Å². The van der Waals surface area contributed by atoms with Crippen LogP contribution in [-0.4, -0.2) is 16.2 Å². The van der Waals surface area contributed by atoms with Gasteiger partial charge in [-0.15, -0.1) is 0 Å². The van der Waals surface area contributed by atoms with E-state index < -0.39 is 5.41 Å². The Morgan fingerprint density at radius 1 is 0.400 bits per heavy atom. The molecule has 1 aliphatic heterocycles. The van der Waals surface area contributed by atoms with Gasteiger partial charge in [0.25, 0.3) is 0 Å². The SMILES string of the molecule is c1ccc(C2(c3ccccc3)c3ccccc3-c3ccc(N4CN(c5cccc(Oc6ccc7c8ccccc8n(-c8cc(C9(c%10cccc%11ccccc%10%11)C%10CC%11CC(C%10)CC9C%11)ccn8)c7c6)c5)c5ccccc54)cc32)cc1. The molecule has 0 N–H and O–H groups in total. The maximum Gasteiger partial charge on any atom is 0.137 e. The Labute approximate surface area is 467 Å². The van der Waals surface area contributed by atoms with Crippen LogP contribution >= 0.6 is 0 Å². The highest BCUT2D eigenvalue weighted by molar-refractivity contribution is 6.09. The minimum absolute atomic E-state index is 0.0821. The van der Waals surface area contributed by atoms with Crippen molar-refractivity contribution in [2.24, 2.45) is 23.7 Å². The highest BCUT2D eigenvalue weighted by Crippen LogP contribution is 2.66. The summed E-state index contributed by atoms with van der Waals surface area (Å²) in [7, 11) is 0. The van der Waals surface area contributed by atoms with Crippen LogP contribution in [0.25, 0.3) is 49.5 Å². The fourth-order valence-corrected chi connectivity index (χ4v) is 16.7. The number of benzene rings is 10. The van der Waals surface area contributed by atoms with Gasteiger partial charge in [0, 0.05) is 45.9 Å². The average molecular weight is 1030 g/mol. The molecule has 5 nitrogen and oxygen atoms in total. The van der Waals surface area contributed by atoms with E-state index in [1.165, 1.54) is 104 Å². The molecule has 5 aliphatic carbocycles. The largest absolute Gasteiger partial charge is 0.457 e. The number of pyridine rings is 1. The fraction of sp³-hybridized carbons (Fsp3) is 0.160. The Bertz CT molecular complexity index is 4350. The summed E-state index contributed by atoms with van der Waals surface area (Å²) < 4.78 is 9.38. The standard InChI is InChI=1S/C75H58N4O/c1-3-19-52(20-4-1)75(53-21-5-2-6-22-53)67-28-11-9-26-62(67)63-35-33-58(46-68(63)75)78-48-77(70-31-13-14-32-71(70)78)57-23-16-24-59(45-57)80-60-34-36-65-64-27-10-12-30-69(64)79(72(65)47-60)73-44-54(37-38-76-73)74(55-40-49-39-50(42-55)43-56(74)41-49)66-29-15-18-51-17-7-8-25-61(51)66/h1-38,44-47,49-50,55-56H,39-43,48H2. The van der Waals surface area contributed by atoms with Crippen molar-refractivity contribution in [1.29, 1.82) is 0 Å². The number of anilines is 4. The number of hydrogen-bond acceptors (Lipinski definition) is 4. The van der Waals surface area contributed by atoms with E-state index in [1.54, 1.807) is 0 Å². The molecule has 0 spiro atoms. The summed E-state index contributed by atoms with van der Waals surface area (Å²) >= 11 is 0. The van der Waals surface area contributed by atoms with Gasteiger partial charge in [-0.25, -0.2) is 4.98 Å². The normalized spacial score (nSPS) is 21.1. The number of hydrogen-bond donors (Lipinski definition) is 0. The third-order valence-corrected chi connectivity index (χ3v) is 19.6. The van der Waals surface area contributed by atoms with Crippen LogP contribution in [0.5, 0.6) is 11.5 Å². The second-order valence-electron chi connectivity index (χ2n) is 23.5. The molecule has 18 rings (SSSR count). The maximum atomic E-state index is 6.99. The monoisotopic (exact) mass is 1030 g/mol. The lowest BCUT2D eigenvalue weighted by molar-refractivity contribution is -0.0412. The molecule has 12 aromatic rings. The molecule has 6 aliphatic rings. The molecule has 0 amide bonds. The van der Waals surface area contributed by atoms with Crippen molar-refractivity contribution in [2.45, 2.75) is 42.9 Å². The summed E-state index contributed by atoms with van der Waals surface area (Å²) in [5, 5.41) is 5.12. The number of nitrogens with zero attached hydrogens (tertiary/aromatic N) is 4. The van der Waals surface area contributed by atoms with Crippen LogP contribution in [0.2, 0.25) is 0 Å². The number of para-hydroxylation sites is 3. The zero-order valence-corrected chi connectivity index (χ0v) is 44.5. The summed E-state index contributed by atoms with van der Waals surface area (Å²) in [6.07, 6.45) is 8.75. The molecule has 384 valence electrons. The number of aromatic nitrogens is 2. The van der Waals surface area contributed by atoms with E-state index in [9.17, 15) is 0 Å². The van der Waals surface area contributed by atoms with Crippen molar-refractivity contribution in [3.05, 3.63) is 288 Å². The van der Waals surface area contributed by atoms with Crippen molar-refractivity contribution in [3.8, 4) is 28.4 Å². The highest BCUT2D eigenvalue weighted by atomic mass is 16.5. The minimum Gasteiger partial charge on any atom is -0.457 e. The summed E-state index contributed by atoms with van der Waals surface area (Å²) in [6.45, 7) is 0.640. The molecule has 4 fully saturated rings. The first-order valence-corrected chi connectivity index (χ1v) is 28.9. The zero-order chi connectivity index (χ0) is 52.5. The van der Waals surface area contributed by atoms with Crippen molar-refractivity contribution in [2.75, 3.05) is 16.5 Å². The van der Waals surface area contributed by atoms with E-state index in [2.05, 4.69) is 269 Å². The lowest BCUT2D eigenvalue weighted by Crippen LogP contribution is -2.56. The van der Waals surface area contributed by atoms with E-state index in [0.29, 0.717) is 18.5 Å². The van der Waals surface area contributed by atoms with Crippen LogP contribution in [0.4, 0.5) is 22.7 Å². The number of fused-ring (bicyclic) bond motifs is 8. The van der Waals surface area contributed by atoms with Crippen LogP contribution in [0, 0.1) is 23.7 Å². The van der Waals surface area contributed by atoms with Crippen LogP contribution < -0.4 is 14.5 Å². The molecule has 80 heavy (non-hydrogen) atoms. The summed E-state index contributed by atoms with van der Waals surface area (Å²) in [6, 6.07) is 92.1. The van der Waals surface area contributed by atoms with E-state index in [1.807, 2.05) is 0 Å². The van der Waals surface area contributed by atoms with Crippen LogP contribution in [0.15, 0.2) is 255 Å². The van der Waals surface area contributed by atoms with E-state index in [4.69, 9.17) is 9.72 Å². The molecule has 0 radical (unpaired) electrons. The van der Waals surface area contributed by atoms with Crippen molar-refractivity contribution in [1.82, 2.24) is 9.55 Å². The molecular weight excluding hydrogens is 973 g/mol. The Hall–Kier alpha value is -9.19. The molecule has 4 bridgehead atoms. The van der Waals surface area contributed by atoms with E-state index >= 15 is 0 Å². The Morgan fingerprint density at radius 3 is 1.77 bits per heavy atom. The van der Waals surface area contributed by atoms with Crippen LogP contribution in [-0.2, 0) is 10.8 Å². The highest BCUT2D eigenvalue weighted by Gasteiger charge is 2.59. The van der Waals surface area contributed by atoms with Gasteiger partial charge >= 0.3 is 0 Å². The maximum absolute atomic E-state index is 6.99. The molecule has 2 aromatic heterocycles. The lowest BCUT2D eigenvalue weighted by atomic mass is 9.42. The van der Waals surface area contributed by atoms with Gasteiger partial charge in [-0.1, -0.05) is 170 Å². The van der Waals surface area contributed by atoms with Crippen molar-refractivity contribution in [3.63, 3.8) is 0 Å². The Kier molecular flexibility index (Phi) is 10.1. The quantitative estimate of drug-likeness (QED) is 0.144. The second-order valence-corrected chi connectivity index (χ2v) is 23.5. The number of ether oxygens (including phenoxy) is 1. The zero-order valence-electron chi connectivity index (χ0n) is 44.5. The summed E-state index contributed by atoms with van der Waals surface area (Å²) in [4.78, 5) is 10.2. The summed E-state index contributed by atoms with van der Waals surface area (Å²) in [5.74, 6) is 5.41. The van der Waals surface area contributed by atoms with Crippen LogP contribution in [0.3, 0.4) is 0 Å². The van der Waals surface area contributed by atoms with E-state index in [-0.39, 0.29) is 5.41 Å². The topological polar surface area (TPSA) is 33.5 Å². The Balaban J connectivity index is 0.732. The van der Waals surface area contributed by atoms with Gasteiger partial charge in [0.15, 0.2) is 0 Å². The first kappa shape index (κ1) is 45.8. The average Bonchev–Trinajstić information content (AvgIpc) is 4.31. The molecule has 4 saturated carbocycles. The van der Waals surface area contributed by atoms with Gasteiger partial charge in [-0.05, 0) is 178 Å². The van der Waals surface area contributed by atoms with Crippen LogP contribution in [0.1, 0.15) is 65.5 Å². The molecule has 0 saturated heterocycles. The van der Waals surface area contributed by atoms with Crippen molar-refractivity contribution < 1.29 is 4.74 Å². The molecule has 10 aromatic carbocycles. The van der Waals surface area contributed by atoms with E-state index in [0.717, 1.165) is 57.2 Å². The molecule has 5 heteroatoms. The smallest absolute Gasteiger partial charge is 0.137 e. The molecule has 0 unspecified atom stereocenters. The Morgan fingerprint density at radius 2 is 1.00 bits per heavy atom. The predicted octanol–water partition coefficient (Wildman–Crippen LogP) is 18.5. The third kappa shape index (κ3) is 6.61. The molecule has 0 atom stereocenters. The predicted molar refractivity (Wildman–Crippen MR) is 326 cm³/mol. The van der Waals surface area contributed by atoms with Gasteiger partial charge < -0.3 is 14.5 Å². The van der Waals surface area contributed by atoms with Gasteiger partial charge in [-0.2, -0.15) is 0 Å². The number of rotatable bonds is 9. The minimum atomic E-state index is -0.484. The fourth-order valence-electron chi connectivity index (χ4n) is 16.7. The lowest BCUT2D eigenvalue weighted by Gasteiger charge is -2.62. The van der Waals surface area contributed by atoms with Gasteiger partial charge in [0.2, 0.25) is 0 Å². The van der Waals surface area contributed by atoms with Gasteiger partial charge in [-0.3, -0.25) is 4.57 Å². The first-order chi connectivity index (χ1) is 39.6. The summed E-state index contributed by atoms with van der Waals surface area (Å²) in [5.41, 5.74) is 16.8. The molecule has 3 heterocycles. The third-order valence-electron chi connectivity index (χ3n) is 19.6. The van der Waals surface area contributed by atoms with Gasteiger partial charge in [0.1, 0.15) is 24.0 Å². The first-order valence-electron chi connectivity index (χ1n) is 28.9. The molecular formula is C75H58N4O.